The number of carbonyl (C=O) groups excluding carboxylic acids is 1. The zero-order chi connectivity index (χ0) is 12.7. The minimum atomic E-state index is -0.490. The SMILES string of the molecule is C=CCNC(=O)[C@@H](CC)Oc1ccc(Cl)cc1. The second-order valence-corrected chi connectivity index (χ2v) is 3.94. The fourth-order valence-corrected chi connectivity index (χ4v) is 1.41. The number of hydrogen-bond acceptors (Lipinski definition) is 2. The maximum Gasteiger partial charge on any atom is 0.261 e. The Hall–Kier alpha value is -1.48. The molecule has 0 spiro atoms. The molecule has 1 atom stereocenters. The van der Waals surface area contributed by atoms with E-state index in [9.17, 15) is 4.79 Å². The molecule has 1 aromatic rings. The van der Waals surface area contributed by atoms with E-state index >= 15 is 0 Å². The molecule has 0 aliphatic heterocycles. The Kier molecular flexibility index (Phi) is 5.57. The molecule has 1 N–H and O–H groups in total. The van der Waals surface area contributed by atoms with Gasteiger partial charge in [0.25, 0.3) is 5.91 Å². The lowest BCUT2D eigenvalue weighted by molar-refractivity contribution is -0.127. The highest BCUT2D eigenvalue weighted by Gasteiger charge is 2.17. The van der Waals surface area contributed by atoms with Gasteiger partial charge in [0, 0.05) is 11.6 Å². The van der Waals surface area contributed by atoms with E-state index in [2.05, 4.69) is 11.9 Å². The smallest absolute Gasteiger partial charge is 0.261 e. The fraction of sp³-hybridized carbons (Fsp3) is 0.308. The van der Waals surface area contributed by atoms with E-state index in [1.54, 1.807) is 30.3 Å². The highest BCUT2D eigenvalue weighted by molar-refractivity contribution is 6.30. The quantitative estimate of drug-likeness (QED) is 0.792. The summed E-state index contributed by atoms with van der Waals surface area (Å²) in [5.74, 6) is 0.498. The largest absolute Gasteiger partial charge is 0.481 e. The average molecular weight is 254 g/mol. The average Bonchev–Trinajstić information content (AvgIpc) is 2.35. The van der Waals surface area contributed by atoms with Gasteiger partial charge in [-0.2, -0.15) is 0 Å². The first-order valence-electron chi connectivity index (χ1n) is 5.48. The molecule has 0 bridgehead atoms. The van der Waals surface area contributed by atoms with Crippen molar-refractivity contribution in [3.63, 3.8) is 0 Å². The summed E-state index contributed by atoms with van der Waals surface area (Å²) in [5.41, 5.74) is 0. The highest BCUT2D eigenvalue weighted by Crippen LogP contribution is 2.17. The summed E-state index contributed by atoms with van der Waals surface area (Å²) in [5, 5.41) is 3.35. The fourth-order valence-electron chi connectivity index (χ4n) is 1.29. The van der Waals surface area contributed by atoms with Crippen LogP contribution in [0.3, 0.4) is 0 Å². The van der Waals surface area contributed by atoms with Crippen LogP contribution < -0.4 is 10.1 Å². The summed E-state index contributed by atoms with van der Waals surface area (Å²) in [7, 11) is 0. The third-order valence-corrected chi connectivity index (χ3v) is 2.43. The molecule has 92 valence electrons. The van der Waals surface area contributed by atoms with Gasteiger partial charge in [-0.25, -0.2) is 0 Å². The Morgan fingerprint density at radius 2 is 2.18 bits per heavy atom. The summed E-state index contributed by atoms with van der Waals surface area (Å²) in [6, 6.07) is 6.94. The Bertz CT molecular complexity index is 376. The van der Waals surface area contributed by atoms with E-state index in [0.29, 0.717) is 23.7 Å². The molecule has 0 aromatic heterocycles. The molecule has 1 amide bonds. The molecule has 0 fully saturated rings. The van der Waals surface area contributed by atoms with Gasteiger partial charge in [-0.1, -0.05) is 24.6 Å². The standard InChI is InChI=1S/C13H16ClNO2/c1-3-9-15-13(16)12(4-2)17-11-7-5-10(14)6-8-11/h3,5-8,12H,1,4,9H2,2H3,(H,15,16)/t12-/m1/s1. The van der Waals surface area contributed by atoms with Crippen molar-refractivity contribution in [1.29, 1.82) is 0 Å². The van der Waals surface area contributed by atoms with E-state index in [1.807, 2.05) is 6.92 Å². The number of nitrogens with one attached hydrogen (secondary N) is 1. The first kappa shape index (κ1) is 13.6. The topological polar surface area (TPSA) is 38.3 Å². The van der Waals surface area contributed by atoms with E-state index in [-0.39, 0.29) is 5.91 Å². The molecule has 0 saturated heterocycles. The van der Waals surface area contributed by atoms with Crippen LogP contribution in [0.1, 0.15) is 13.3 Å². The number of halogens is 1. The molecule has 1 rings (SSSR count). The third-order valence-electron chi connectivity index (χ3n) is 2.18. The molecular formula is C13H16ClNO2. The molecule has 0 saturated carbocycles. The van der Waals surface area contributed by atoms with Crippen LogP contribution >= 0.6 is 11.6 Å². The maximum absolute atomic E-state index is 11.7. The Labute approximate surface area is 106 Å². The van der Waals surface area contributed by atoms with Crippen LogP contribution in [0.25, 0.3) is 0 Å². The third kappa shape index (κ3) is 4.49. The Balaban J connectivity index is 2.59. The number of amides is 1. The van der Waals surface area contributed by atoms with Crippen molar-refractivity contribution in [2.75, 3.05) is 6.54 Å². The molecule has 4 heteroatoms. The monoisotopic (exact) mass is 253 g/mol. The van der Waals surface area contributed by atoms with Crippen molar-refractivity contribution < 1.29 is 9.53 Å². The number of hydrogen-bond donors (Lipinski definition) is 1. The normalized spacial score (nSPS) is 11.6. The first-order valence-corrected chi connectivity index (χ1v) is 5.86. The van der Waals surface area contributed by atoms with Gasteiger partial charge in [0.05, 0.1) is 0 Å². The molecule has 1 aromatic carbocycles. The van der Waals surface area contributed by atoms with Gasteiger partial charge < -0.3 is 10.1 Å². The van der Waals surface area contributed by atoms with Crippen LogP contribution in [0, 0.1) is 0 Å². The van der Waals surface area contributed by atoms with Crippen molar-refractivity contribution in [2.24, 2.45) is 0 Å². The van der Waals surface area contributed by atoms with Crippen LogP contribution in [0.5, 0.6) is 5.75 Å². The van der Waals surface area contributed by atoms with Gasteiger partial charge in [0.1, 0.15) is 5.75 Å². The number of ether oxygens (including phenoxy) is 1. The van der Waals surface area contributed by atoms with Crippen LogP contribution in [0.4, 0.5) is 0 Å². The molecule has 3 nitrogen and oxygen atoms in total. The minimum Gasteiger partial charge on any atom is -0.481 e. The van der Waals surface area contributed by atoms with Gasteiger partial charge in [-0.05, 0) is 30.7 Å². The summed E-state index contributed by atoms with van der Waals surface area (Å²) >= 11 is 5.77. The second-order valence-electron chi connectivity index (χ2n) is 3.50. The summed E-state index contributed by atoms with van der Waals surface area (Å²) < 4.78 is 5.57. The van der Waals surface area contributed by atoms with E-state index in [0.717, 1.165) is 0 Å². The van der Waals surface area contributed by atoms with E-state index < -0.39 is 6.10 Å². The van der Waals surface area contributed by atoms with Gasteiger partial charge in [-0.15, -0.1) is 6.58 Å². The summed E-state index contributed by atoms with van der Waals surface area (Å²) in [4.78, 5) is 11.7. The Morgan fingerprint density at radius 1 is 1.53 bits per heavy atom. The van der Waals surface area contributed by atoms with E-state index in [1.165, 1.54) is 0 Å². The minimum absolute atomic E-state index is 0.137. The van der Waals surface area contributed by atoms with Gasteiger partial charge in [0.15, 0.2) is 6.10 Å². The van der Waals surface area contributed by atoms with Gasteiger partial charge in [0.2, 0.25) is 0 Å². The predicted molar refractivity (Wildman–Crippen MR) is 69.4 cm³/mol. The molecule has 0 aliphatic carbocycles. The van der Waals surface area contributed by atoms with Crippen LogP contribution in [-0.4, -0.2) is 18.6 Å². The van der Waals surface area contributed by atoms with Crippen LogP contribution in [0.15, 0.2) is 36.9 Å². The number of carbonyl (C=O) groups is 1. The van der Waals surface area contributed by atoms with Crippen molar-refractivity contribution in [3.8, 4) is 5.75 Å². The number of benzene rings is 1. The van der Waals surface area contributed by atoms with Crippen molar-refractivity contribution >= 4 is 17.5 Å². The molecule has 0 radical (unpaired) electrons. The molecule has 17 heavy (non-hydrogen) atoms. The van der Waals surface area contributed by atoms with Crippen molar-refractivity contribution in [3.05, 3.63) is 41.9 Å². The van der Waals surface area contributed by atoms with E-state index in [4.69, 9.17) is 16.3 Å². The lowest BCUT2D eigenvalue weighted by Gasteiger charge is -2.16. The summed E-state index contributed by atoms with van der Waals surface area (Å²) in [6.45, 7) is 5.88. The maximum atomic E-state index is 11.7. The van der Waals surface area contributed by atoms with Crippen LogP contribution in [0.2, 0.25) is 5.02 Å². The predicted octanol–water partition coefficient (Wildman–Crippen LogP) is 2.80. The first-order chi connectivity index (χ1) is 8.17. The molecule has 0 unspecified atom stereocenters. The van der Waals surface area contributed by atoms with Gasteiger partial charge in [-0.3, -0.25) is 4.79 Å². The lowest BCUT2D eigenvalue weighted by atomic mass is 10.2. The highest BCUT2D eigenvalue weighted by atomic mass is 35.5. The van der Waals surface area contributed by atoms with Crippen molar-refractivity contribution in [1.82, 2.24) is 5.32 Å². The number of rotatable bonds is 6. The zero-order valence-electron chi connectivity index (χ0n) is 9.78. The zero-order valence-corrected chi connectivity index (χ0v) is 10.5. The molecular weight excluding hydrogens is 238 g/mol. The molecule has 0 heterocycles. The van der Waals surface area contributed by atoms with Gasteiger partial charge >= 0.3 is 0 Å². The Morgan fingerprint density at radius 3 is 2.71 bits per heavy atom. The second kappa shape index (κ2) is 6.97. The lowest BCUT2D eigenvalue weighted by Crippen LogP contribution is -2.37. The molecule has 0 aliphatic rings. The van der Waals surface area contributed by atoms with Crippen LogP contribution in [-0.2, 0) is 4.79 Å². The summed E-state index contributed by atoms with van der Waals surface area (Å²) in [6.07, 6.45) is 1.74. The van der Waals surface area contributed by atoms with Crippen molar-refractivity contribution in [2.45, 2.75) is 19.4 Å².